The SMILES string of the molecule is NS(=O)(=O)c1cc(S(=O)(=O)N(c2cccc(Cl)c2)c2cccc(Cl)c2)c2cc(O)ccc2c1. The summed E-state index contributed by atoms with van der Waals surface area (Å²) in [7, 11) is -8.73. The first kappa shape index (κ1) is 23.3. The highest BCUT2D eigenvalue weighted by molar-refractivity contribution is 7.93. The Bertz CT molecular complexity index is 1560. The van der Waals surface area contributed by atoms with Crippen molar-refractivity contribution in [3.05, 3.63) is 88.9 Å². The summed E-state index contributed by atoms with van der Waals surface area (Å²) in [6, 6.07) is 18.5. The van der Waals surface area contributed by atoms with Crippen molar-refractivity contribution in [2.45, 2.75) is 9.79 Å². The molecule has 0 aliphatic carbocycles. The Kier molecular flexibility index (Phi) is 6.02. The van der Waals surface area contributed by atoms with E-state index < -0.39 is 24.9 Å². The number of phenols is 1. The van der Waals surface area contributed by atoms with Crippen molar-refractivity contribution in [3.63, 3.8) is 0 Å². The Morgan fingerprint density at radius 1 is 0.758 bits per heavy atom. The van der Waals surface area contributed by atoms with Gasteiger partial charge in [-0.2, -0.15) is 0 Å². The molecule has 0 aromatic heterocycles. The van der Waals surface area contributed by atoms with E-state index >= 15 is 0 Å². The molecule has 0 fully saturated rings. The number of nitrogens with two attached hydrogens (primary N) is 1. The van der Waals surface area contributed by atoms with Gasteiger partial charge in [-0.3, -0.25) is 0 Å². The number of anilines is 2. The normalized spacial score (nSPS) is 12.1. The smallest absolute Gasteiger partial charge is 0.269 e. The number of sulfonamides is 2. The average Bonchev–Trinajstić information content (AvgIpc) is 2.72. The highest BCUT2D eigenvalue weighted by Crippen LogP contribution is 2.38. The van der Waals surface area contributed by atoms with Crippen LogP contribution >= 0.6 is 23.2 Å². The molecule has 11 heteroatoms. The summed E-state index contributed by atoms with van der Waals surface area (Å²) in [4.78, 5) is -0.767. The van der Waals surface area contributed by atoms with Crippen LogP contribution in [0.4, 0.5) is 11.4 Å². The van der Waals surface area contributed by atoms with E-state index in [0.29, 0.717) is 0 Å². The summed E-state index contributed by atoms with van der Waals surface area (Å²) in [5.41, 5.74) is 0.387. The zero-order chi connectivity index (χ0) is 24.0. The van der Waals surface area contributed by atoms with E-state index in [2.05, 4.69) is 0 Å². The predicted molar refractivity (Wildman–Crippen MR) is 129 cm³/mol. The van der Waals surface area contributed by atoms with Gasteiger partial charge in [0.25, 0.3) is 10.0 Å². The molecule has 4 aromatic carbocycles. The number of phenolic OH excluding ortho intramolecular Hbond substituents is 1. The van der Waals surface area contributed by atoms with Crippen molar-refractivity contribution in [2.75, 3.05) is 4.31 Å². The van der Waals surface area contributed by atoms with Crippen molar-refractivity contribution in [2.24, 2.45) is 5.14 Å². The minimum atomic E-state index is -4.48. The zero-order valence-electron chi connectivity index (χ0n) is 16.7. The van der Waals surface area contributed by atoms with Gasteiger partial charge in [0.2, 0.25) is 10.0 Å². The fourth-order valence-corrected chi connectivity index (χ4v) is 6.12. The van der Waals surface area contributed by atoms with Crippen LogP contribution in [0.1, 0.15) is 0 Å². The van der Waals surface area contributed by atoms with Crippen LogP contribution in [0.15, 0.2) is 88.7 Å². The van der Waals surface area contributed by atoms with E-state index in [0.717, 1.165) is 10.4 Å². The fraction of sp³-hybridized carbons (Fsp3) is 0. The van der Waals surface area contributed by atoms with Crippen LogP contribution in [0.2, 0.25) is 10.0 Å². The van der Waals surface area contributed by atoms with E-state index in [4.69, 9.17) is 28.3 Å². The second kappa shape index (κ2) is 8.51. The molecule has 0 saturated carbocycles. The number of hydrogen-bond acceptors (Lipinski definition) is 5. The molecule has 0 aliphatic heterocycles. The summed E-state index contributed by atoms with van der Waals surface area (Å²) in [6.07, 6.45) is 0. The maximum Gasteiger partial charge on any atom is 0.269 e. The minimum Gasteiger partial charge on any atom is -0.508 e. The Morgan fingerprint density at radius 2 is 1.33 bits per heavy atom. The number of halogens is 2. The summed E-state index contributed by atoms with van der Waals surface area (Å²) >= 11 is 12.3. The molecule has 170 valence electrons. The van der Waals surface area contributed by atoms with Crippen molar-refractivity contribution in [1.82, 2.24) is 0 Å². The molecule has 3 N–H and O–H groups in total. The second-order valence-electron chi connectivity index (χ2n) is 7.10. The zero-order valence-corrected chi connectivity index (χ0v) is 19.8. The first-order chi connectivity index (χ1) is 15.5. The lowest BCUT2D eigenvalue weighted by atomic mass is 10.1. The van der Waals surface area contributed by atoms with Crippen LogP contribution in [0.5, 0.6) is 5.75 Å². The highest BCUT2D eigenvalue weighted by atomic mass is 35.5. The number of benzene rings is 4. The summed E-state index contributed by atoms with van der Waals surface area (Å²) in [6.45, 7) is 0. The van der Waals surface area contributed by atoms with Gasteiger partial charge in [-0.15, -0.1) is 0 Å². The van der Waals surface area contributed by atoms with Crippen LogP contribution in [-0.2, 0) is 20.0 Å². The standard InChI is InChI=1S/C22H16Cl2N2O5S2/c23-15-3-1-5-17(10-15)26(18-6-2-4-16(24)11-18)33(30,31)22-13-20(32(25,28)29)9-14-7-8-19(27)12-21(14)22/h1-13,27H,(H2,25,28,29). The molecular formula is C22H16Cl2N2O5S2. The van der Waals surface area contributed by atoms with Gasteiger partial charge in [0.15, 0.2) is 0 Å². The van der Waals surface area contributed by atoms with Gasteiger partial charge in [0, 0.05) is 15.4 Å². The summed E-state index contributed by atoms with van der Waals surface area (Å²) in [5, 5.41) is 16.3. The van der Waals surface area contributed by atoms with Gasteiger partial charge >= 0.3 is 0 Å². The maximum absolute atomic E-state index is 14.1. The lowest BCUT2D eigenvalue weighted by Crippen LogP contribution is -2.27. The average molecular weight is 523 g/mol. The van der Waals surface area contributed by atoms with Crippen LogP contribution in [-0.4, -0.2) is 21.9 Å². The molecule has 0 amide bonds. The number of nitrogens with zero attached hydrogens (tertiary/aromatic N) is 1. The molecule has 0 unspecified atom stereocenters. The van der Waals surface area contributed by atoms with E-state index in [9.17, 15) is 21.9 Å². The quantitative estimate of drug-likeness (QED) is 0.381. The molecule has 33 heavy (non-hydrogen) atoms. The molecule has 0 spiro atoms. The van der Waals surface area contributed by atoms with Crippen molar-refractivity contribution >= 4 is 65.4 Å². The van der Waals surface area contributed by atoms with E-state index in [1.165, 1.54) is 48.5 Å². The van der Waals surface area contributed by atoms with Crippen LogP contribution < -0.4 is 9.44 Å². The highest BCUT2D eigenvalue weighted by Gasteiger charge is 2.30. The van der Waals surface area contributed by atoms with Gasteiger partial charge in [0.1, 0.15) is 5.75 Å². The van der Waals surface area contributed by atoms with Crippen LogP contribution in [0, 0.1) is 0 Å². The lowest BCUT2D eigenvalue weighted by molar-refractivity contribution is 0.476. The maximum atomic E-state index is 14.1. The number of aromatic hydroxyl groups is 1. The van der Waals surface area contributed by atoms with Crippen molar-refractivity contribution < 1.29 is 21.9 Å². The molecule has 0 radical (unpaired) electrons. The molecule has 4 aromatic rings. The second-order valence-corrected chi connectivity index (χ2v) is 11.3. The van der Waals surface area contributed by atoms with Gasteiger partial charge < -0.3 is 5.11 Å². The fourth-order valence-electron chi connectivity index (χ4n) is 3.39. The van der Waals surface area contributed by atoms with E-state index in [1.54, 1.807) is 24.3 Å². The molecule has 4 rings (SSSR count). The van der Waals surface area contributed by atoms with E-state index in [1.807, 2.05) is 0 Å². The Labute approximate surface area is 200 Å². The summed E-state index contributed by atoms with van der Waals surface area (Å²) in [5.74, 6) is -0.195. The van der Waals surface area contributed by atoms with Gasteiger partial charge in [-0.1, -0.05) is 41.4 Å². The molecule has 0 aliphatic rings. The molecule has 0 saturated heterocycles. The molecule has 0 bridgehead atoms. The predicted octanol–water partition coefficient (Wildman–Crippen LogP) is 5.03. The molecule has 0 heterocycles. The number of rotatable bonds is 5. The number of hydrogen-bond donors (Lipinski definition) is 2. The largest absolute Gasteiger partial charge is 0.508 e. The van der Waals surface area contributed by atoms with Gasteiger partial charge in [0.05, 0.1) is 21.2 Å². The third-order valence-corrected chi connectivity index (χ3v) is 7.96. The molecular weight excluding hydrogens is 507 g/mol. The van der Waals surface area contributed by atoms with Gasteiger partial charge in [-0.05, 0) is 66.0 Å². The first-order valence-electron chi connectivity index (χ1n) is 9.33. The Hall–Kier alpha value is -2.82. The lowest BCUT2D eigenvalue weighted by Gasteiger charge is -2.26. The van der Waals surface area contributed by atoms with Gasteiger partial charge in [-0.25, -0.2) is 26.3 Å². The Morgan fingerprint density at radius 3 is 1.85 bits per heavy atom. The third-order valence-electron chi connectivity index (χ3n) is 4.81. The first-order valence-corrected chi connectivity index (χ1v) is 13.1. The molecule has 0 atom stereocenters. The third kappa shape index (κ3) is 4.64. The molecule has 7 nitrogen and oxygen atoms in total. The summed E-state index contributed by atoms with van der Waals surface area (Å²) < 4.78 is 53.4. The number of primary sulfonamides is 1. The van der Waals surface area contributed by atoms with Crippen LogP contribution in [0.25, 0.3) is 10.8 Å². The Balaban J connectivity index is 2.10. The van der Waals surface area contributed by atoms with Crippen LogP contribution in [0.3, 0.4) is 0 Å². The minimum absolute atomic E-state index is 0.108. The van der Waals surface area contributed by atoms with E-state index in [-0.39, 0.29) is 42.8 Å². The topological polar surface area (TPSA) is 118 Å². The van der Waals surface area contributed by atoms with Crippen molar-refractivity contribution in [3.8, 4) is 5.75 Å². The van der Waals surface area contributed by atoms with Crippen molar-refractivity contribution in [1.29, 1.82) is 0 Å². The monoisotopic (exact) mass is 522 g/mol. The number of fused-ring (bicyclic) bond motifs is 1.